The van der Waals surface area contributed by atoms with Gasteiger partial charge in [-0.1, -0.05) is 30.3 Å². The molecule has 0 aliphatic carbocycles. The van der Waals surface area contributed by atoms with Crippen molar-refractivity contribution in [1.82, 2.24) is 0 Å². The number of ether oxygens (including phenoxy) is 1. The zero-order valence-corrected chi connectivity index (χ0v) is 10.6. The van der Waals surface area contributed by atoms with Crippen molar-refractivity contribution in [1.29, 1.82) is 0 Å². The van der Waals surface area contributed by atoms with Gasteiger partial charge in [-0.25, -0.2) is 0 Å². The number of Topliss-reactive ketones (excluding diaryl/α,β-unsaturated/α-hetero) is 1. The fourth-order valence-corrected chi connectivity index (χ4v) is 2.23. The van der Waals surface area contributed by atoms with Gasteiger partial charge < -0.3 is 20.1 Å². The zero-order chi connectivity index (χ0) is 14.0. The van der Waals surface area contributed by atoms with Crippen LogP contribution in [-0.2, 0) is 4.74 Å². The fourth-order valence-electron chi connectivity index (χ4n) is 2.23. The molecule has 0 radical (unpaired) electrons. The first-order valence-electron chi connectivity index (χ1n) is 6.28. The van der Waals surface area contributed by atoms with Crippen LogP contribution in [0.5, 0.6) is 0 Å². The Hall–Kier alpha value is -1.27. The third-order valence-electron chi connectivity index (χ3n) is 3.43. The highest BCUT2D eigenvalue weighted by atomic mass is 16.5. The third-order valence-corrected chi connectivity index (χ3v) is 3.43. The normalized spacial score (nSPS) is 35.1. The molecule has 5 nitrogen and oxygen atoms in total. The van der Waals surface area contributed by atoms with E-state index >= 15 is 0 Å². The molecule has 0 spiro atoms. The largest absolute Gasteiger partial charge is 0.388 e. The van der Waals surface area contributed by atoms with Crippen molar-refractivity contribution in [2.45, 2.75) is 43.9 Å². The van der Waals surface area contributed by atoms with E-state index in [1.165, 1.54) is 0 Å². The van der Waals surface area contributed by atoms with Crippen molar-refractivity contribution in [3.05, 3.63) is 35.9 Å². The van der Waals surface area contributed by atoms with Gasteiger partial charge in [0.2, 0.25) is 0 Å². The molecule has 0 saturated carbocycles. The maximum Gasteiger partial charge on any atom is 0.165 e. The van der Waals surface area contributed by atoms with E-state index in [1.54, 1.807) is 31.2 Å². The monoisotopic (exact) mass is 266 g/mol. The molecule has 1 fully saturated rings. The molecule has 0 amide bonds. The van der Waals surface area contributed by atoms with E-state index in [4.69, 9.17) is 4.74 Å². The van der Waals surface area contributed by atoms with Gasteiger partial charge >= 0.3 is 0 Å². The number of aliphatic hydroxyl groups excluding tert-OH is 3. The second-order valence-corrected chi connectivity index (χ2v) is 4.84. The highest BCUT2D eigenvalue weighted by molar-refractivity contribution is 5.96. The highest BCUT2D eigenvalue weighted by Gasteiger charge is 2.42. The maximum atomic E-state index is 12.0. The molecule has 0 aromatic heterocycles. The van der Waals surface area contributed by atoms with Gasteiger partial charge in [0.1, 0.15) is 18.3 Å². The molecule has 1 aliphatic heterocycles. The van der Waals surface area contributed by atoms with Gasteiger partial charge in [0.25, 0.3) is 0 Å². The summed E-state index contributed by atoms with van der Waals surface area (Å²) in [5, 5.41) is 29.1. The van der Waals surface area contributed by atoms with Gasteiger partial charge in [-0.05, 0) is 6.92 Å². The van der Waals surface area contributed by atoms with Crippen LogP contribution in [0.25, 0.3) is 0 Å². The van der Waals surface area contributed by atoms with Crippen LogP contribution in [0.2, 0.25) is 0 Å². The number of carbonyl (C=O) groups is 1. The fraction of sp³-hybridized carbons (Fsp3) is 0.500. The lowest BCUT2D eigenvalue weighted by atomic mass is 9.92. The van der Waals surface area contributed by atoms with Gasteiger partial charge in [-0.15, -0.1) is 0 Å². The Balaban J connectivity index is 2.05. The summed E-state index contributed by atoms with van der Waals surface area (Å²) in [6, 6.07) is 8.70. The smallest absolute Gasteiger partial charge is 0.165 e. The van der Waals surface area contributed by atoms with Crippen LogP contribution in [0, 0.1) is 0 Å². The number of ketones is 1. The molecular weight excluding hydrogens is 248 g/mol. The molecule has 1 saturated heterocycles. The van der Waals surface area contributed by atoms with E-state index in [0.29, 0.717) is 5.56 Å². The van der Waals surface area contributed by atoms with Gasteiger partial charge in [0.05, 0.1) is 12.2 Å². The van der Waals surface area contributed by atoms with Crippen LogP contribution < -0.4 is 0 Å². The lowest BCUT2D eigenvalue weighted by molar-refractivity contribution is -0.215. The SMILES string of the molecule is C[C@H]1O[C@@H](CC(=O)c2ccccc2)[C@H](O)[C@@H](O)[C@H]1O. The minimum Gasteiger partial charge on any atom is -0.388 e. The summed E-state index contributed by atoms with van der Waals surface area (Å²) in [6.07, 6.45) is -5.15. The van der Waals surface area contributed by atoms with Crippen LogP contribution in [-0.4, -0.2) is 51.6 Å². The minimum absolute atomic E-state index is 0.0285. The second-order valence-electron chi connectivity index (χ2n) is 4.84. The van der Waals surface area contributed by atoms with E-state index in [9.17, 15) is 20.1 Å². The predicted octanol–water partition coefficient (Wildman–Crippen LogP) is 0.129. The summed E-state index contributed by atoms with van der Waals surface area (Å²) in [4.78, 5) is 12.0. The number of aliphatic hydroxyl groups is 3. The molecule has 1 aliphatic rings. The van der Waals surface area contributed by atoms with Crippen LogP contribution >= 0.6 is 0 Å². The Labute approximate surface area is 111 Å². The molecule has 0 unspecified atom stereocenters. The molecular formula is C14H18O5. The Kier molecular flexibility index (Phi) is 4.31. The Bertz CT molecular complexity index is 433. The lowest BCUT2D eigenvalue weighted by Gasteiger charge is -2.39. The molecule has 2 rings (SSSR count). The summed E-state index contributed by atoms with van der Waals surface area (Å²) < 4.78 is 5.39. The van der Waals surface area contributed by atoms with Gasteiger partial charge in [-0.3, -0.25) is 4.79 Å². The molecule has 5 heteroatoms. The summed E-state index contributed by atoms with van der Waals surface area (Å²) in [7, 11) is 0. The topological polar surface area (TPSA) is 87.0 Å². The standard InChI is InChI=1S/C14H18O5/c1-8-12(16)14(18)13(17)11(19-8)7-10(15)9-5-3-2-4-6-9/h2-6,8,11-14,16-18H,7H2,1H3/t8-,11+,12+,13+,14+/m1/s1. The number of rotatable bonds is 3. The van der Waals surface area contributed by atoms with Crippen LogP contribution in [0.3, 0.4) is 0 Å². The van der Waals surface area contributed by atoms with Gasteiger partial charge in [0, 0.05) is 12.0 Å². The van der Waals surface area contributed by atoms with Crippen molar-refractivity contribution in [2.24, 2.45) is 0 Å². The van der Waals surface area contributed by atoms with Crippen molar-refractivity contribution < 1.29 is 24.9 Å². The number of hydrogen-bond donors (Lipinski definition) is 3. The lowest BCUT2D eigenvalue weighted by Crippen LogP contribution is -2.56. The molecule has 5 atom stereocenters. The first-order chi connectivity index (χ1) is 9.00. The average molecular weight is 266 g/mol. The molecule has 104 valence electrons. The first-order valence-corrected chi connectivity index (χ1v) is 6.28. The number of hydrogen-bond acceptors (Lipinski definition) is 5. The number of benzene rings is 1. The predicted molar refractivity (Wildman–Crippen MR) is 67.7 cm³/mol. The Morgan fingerprint density at radius 1 is 1.11 bits per heavy atom. The average Bonchev–Trinajstić information content (AvgIpc) is 2.43. The van der Waals surface area contributed by atoms with Crippen molar-refractivity contribution >= 4 is 5.78 Å². The molecule has 1 aromatic carbocycles. The van der Waals surface area contributed by atoms with Crippen LogP contribution in [0.1, 0.15) is 23.7 Å². The molecule has 0 bridgehead atoms. The molecule has 1 aromatic rings. The number of carbonyl (C=O) groups excluding carboxylic acids is 1. The summed E-state index contributed by atoms with van der Waals surface area (Å²) in [5.41, 5.74) is 0.534. The second kappa shape index (κ2) is 5.79. The first kappa shape index (κ1) is 14.1. The molecule has 19 heavy (non-hydrogen) atoms. The van der Waals surface area contributed by atoms with Crippen molar-refractivity contribution in [3.63, 3.8) is 0 Å². The van der Waals surface area contributed by atoms with Crippen molar-refractivity contribution in [3.8, 4) is 0 Å². The van der Waals surface area contributed by atoms with Crippen molar-refractivity contribution in [2.75, 3.05) is 0 Å². The van der Waals surface area contributed by atoms with Crippen LogP contribution in [0.15, 0.2) is 30.3 Å². The summed E-state index contributed by atoms with van der Waals surface area (Å²) >= 11 is 0. The maximum absolute atomic E-state index is 12.0. The van der Waals surface area contributed by atoms with E-state index in [2.05, 4.69) is 0 Å². The summed E-state index contributed by atoms with van der Waals surface area (Å²) in [5.74, 6) is -0.166. The highest BCUT2D eigenvalue weighted by Crippen LogP contribution is 2.24. The van der Waals surface area contributed by atoms with E-state index in [1.807, 2.05) is 6.07 Å². The van der Waals surface area contributed by atoms with Gasteiger partial charge in [-0.2, -0.15) is 0 Å². The molecule has 3 N–H and O–H groups in total. The Morgan fingerprint density at radius 3 is 2.37 bits per heavy atom. The van der Waals surface area contributed by atoms with Crippen LogP contribution in [0.4, 0.5) is 0 Å². The summed E-state index contributed by atoms with van der Waals surface area (Å²) in [6.45, 7) is 1.60. The third kappa shape index (κ3) is 3.01. The van der Waals surface area contributed by atoms with E-state index in [-0.39, 0.29) is 12.2 Å². The zero-order valence-electron chi connectivity index (χ0n) is 10.6. The van der Waals surface area contributed by atoms with E-state index in [0.717, 1.165) is 0 Å². The Morgan fingerprint density at radius 2 is 1.74 bits per heavy atom. The quantitative estimate of drug-likeness (QED) is 0.677. The molecule has 1 heterocycles. The van der Waals surface area contributed by atoms with Gasteiger partial charge in [0.15, 0.2) is 5.78 Å². The van der Waals surface area contributed by atoms with E-state index < -0.39 is 30.5 Å². The minimum atomic E-state index is -1.29.